The van der Waals surface area contributed by atoms with Crippen molar-refractivity contribution < 1.29 is 9.59 Å². The van der Waals surface area contributed by atoms with Crippen LogP contribution in [0.3, 0.4) is 0 Å². The molecule has 23 heavy (non-hydrogen) atoms. The van der Waals surface area contributed by atoms with E-state index in [9.17, 15) is 9.59 Å². The van der Waals surface area contributed by atoms with Gasteiger partial charge >= 0.3 is 0 Å². The number of hydrogen-bond acceptors (Lipinski definition) is 5. The molecule has 1 aromatic heterocycles. The molecule has 1 aromatic carbocycles. The molecule has 6 nitrogen and oxygen atoms in total. The van der Waals surface area contributed by atoms with Crippen LogP contribution in [0.1, 0.15) is 34.2 Å². The number of amides is 2. The van der Waals surface area contributed by atoms with Crippen molar-refractivity contribution in [2.24, 2.45) is 0 Å². The van der Waals surface area contributed by atoms with Gasteiger partial charge in [-0.3, -0.25) is 20.4 Å². The second kappa shape index (κ2) is 7.73. The predicted octanol–water partition coefficient (Wildman–Crippen LogP) is 2.17. The molecule has 0 radical (unpaired) electrons. The van der Waals surface area contributed by atoms with Gasteiger partial charge in [-0.2, -0.15) is 0 Å². The molecule has 0 aliphatic heterocycles. The van der Waals surface area contributed by atoms with Gasteiger partial charge in [0, 0.05) is 29.6 Å². The molecule has 0 fully saturated rings. The first kappa shape index (κ1) is 17.0. The average Bonchev–Trinajstić information content (AvgIpc) is 2.50. The number of nitrogens with one attached hydrogen (secondary N) is 2. The van der Waals surface area contributed by atoms with E-state index in [2.05, 4.69) is 20.8 Å². The molecule has 0 unspecified atom stereocenters. The van der Waals surface area contributed by atoms with E-state index in [-0.39, 0.29) is 11.8 Å². The zero-order valence-electron chi connectivity index (χ0n) is 13.2. The second-order valence-electron chi connectivity index (χ2n) is 5.05. The number of benzene rings is 1. The van der Waals surface area contributed by atoms with E-state index < -0.39 is 0 Å². The highest BCUT2D eigenvalue weighted by molar-refractivity contribution is 7.98. The first-order valence-corrected chi connectivity index (χ1v) is 8.03. The summed E-state index contributed by atoms with van der Waals surface area (Å²) in [5.74, 6) is 0.0492. The van der Waals surface area contributed by atoms with E-state index in [4.69, 9.17) is 0 Å². The van der Waals surface area contributed by atoms with Crippen LogP contribution in [0, 0.1) is 13.8 Å². The molecule has 120 valence electrons. The lowest BCUT2D eigenvalue weighted by molar-refractivity contribution is -0.119. The van der Waals surface area contributed by atoms with Crippen LogP contribution in [0.25, 0.3) is 0 Å². The number of rotatable bonds is 4. The molecule has 0 bridgehead atoms. The van der Waals surface area contributed by atoms with Crippen LogP contribution in [-0.4, -0.2) is 21.8 Å². The molecular weight excluding hydrogens is 312 g/mol. The standard InChI is InChI=1S/C16H18N4O2S/c1-10-8-11(2)18-16(17-10)23-9-13-4-6-14(7-5-13)15(22)20-19-12(3)21/h4-8H,9H2,1-3H3,(H,19,21)(H,20,22). The number of carbonyl (C=O) groups is 2. The van der Waals surface area contributed by atoms with Crippen molar-refractivity contribution in [2.75, 3.05) is 0 Å². The number of hydrazine groups is 1. The minimum absolute atomic E-state index is 0.320. The lowest BCUT2D eigenvalue weighted by Crippen LogP contribution is -2.40. The predicted molar refractivity (Wildman–Crippen MR) is 88.8 cm³/mol. The lowest BCUT2D eigenvalue weighted by Gasteiger charge is -2.06. The topological polar surface area (TPSA) is 84.0 Å². The van der Waals surface area contributed by atoms with Gasteiger partial charge in [0.25, 0.3) is 5.91 Å². The van der Waals surface area contributed by atoms with Crippen LogP contribution in [0.5, 0.6) is 0 Å². The van der Waals surface area contributed by atoms with Gasteiger partial charge in [-0.25, -0.2) is 9.97 Å². The fourth-order valence-electron chi connectivity index (χ4n) is 1.88. The van der Waals surface area contributed by atoms with Crippen molar-refractivity contribution in [2.45, 2.75) is 31.7 Å². The van der Waals surface area contributed by atoms with Crippen molar-refractivity contribution in [3.05, 3.63) is 52.8 Å². The molecule has 2 amide bonds. The summed E-state index contributed by atoms with van der Waals surface area (Å²) in [6, 6.07) is 9.12. The van der Waals surface area contributed by atoms with Crippen LogP contribution in [-0.2, 0) is 10.5 Å². The van der Waals surface area contributed by atoms with E-state index in [1.165, 1.54) is 6.92 Å². The first-order valence-electron chi connectivity index (χ1n) is 7.05. The number of aromatic nitrogens is 2. The zero-order chi connectivity index (χ0) is 16.8. The summed E-state index contributed by atoms with van der Waals surface area (Å²) in [5.41, 5.74) is 8.02. The van der Waals surface area contributed by atoms with Gasteiger partial charge < -0.3 is 0 Å². The molecular formula is C16H18N4O2S. The molecule has 1 heterocycles. The Bertz CT molecular complexity index is 696. The smallest absolute Gasteiger partial charge is 0.269 e. The molecule has 2 rings (SSSR count). The summed E-state index contributed by atoms with van der Waals surface area (Å²) >= 11 is 1.55. The minimum atomic E-state index is -0.350. The fraction of sp³-hybridized carbons (Fsp3) is 0.250. The summed E-state index contributed by atoms with van der Waals surface area (Å²) in [6.45, 7) is 5.22. The van der Waals surface area contributed by atoms with Crippen LogP contribution in [0.2, 0.25) is 0 Å². The highest BCUT2D eigenvalue weighted by Gasteiger charge is 2.06. The number of nitrogens with zero attached hydrogens (tertiary/aromatic N) is 2. The number of aryl methyl sites for hydroxylation is 2. The lowest BCUT2D eigenvalue weighted by atomic mass is 10.1. The largest absolute Gasteiger partial charge is 0.274 e. The van der Waals surface area contributed by atoms with Crippen LogP contribution in [0.4, 0.5) is 0 Å². The molecule has 0 aliphatic carbocycles. The molecule has 0 saturated carbocycles. The quantitative estimate of drug-likeness (QED) is 0.510. The SMILES string of the molecule is CC(=O)NNC(=O)c1ccc(CSc2nc(C)cc(C)n2)cc1. The van der Waals surface area contributed by atoms with E-state index in [0.29, 0.717) is 5.56 Å². The van der Waals surface area contributed by atoms with Gasteiger partial charge in [0.15, 0.2) is 5.16 Å². The highest BCUT2D eigenvalue weighted by atomic mass is 32.2. The normalized spacial score (nSPS) is 10.2. The Morgan fingerprint density at radius 3 is 2.22 bits per heavy atom. The number of thioether (sulfide) groups is 1. The monoisotopic (exact) mass is 330 g/mol. The van der Waals surface area contributed by atoms with Gasteiger partial charge in [0.1, 0.15) is 0 Å². The van der Waals surface area contributed by atoms with Gasteiger partial charge in [-0.15, -0.1) is 0 Å². The maximum absolute atomic E-state index is 11.8. The van der Waals surface area contributed by atoms with Gasteiger partial charge in [-0.1, -0.05) is 23.9 Å². The maximum atomic E-state index is 11.8. The third-order valence-electron chi connectivity index (χ3n) is 2.90. The zero-order valence-corrected chi connectivity index (χ0v) is 14.0. The Morgan fingerprint density at radius 1 is 1.04 bits per heavy atom. The molecule has 7 heteroatoms. The summed E-state index contributed by atoms with van der Waals surface area (Å²) in [7, 11) is 0. The van der Waals surface area contributed by atoms with Crippen molar-refractivity contribution in [3.63, 3.8) is 0 Å². The second-order valence-corrected chi connectivity index (χ2v) is 6.00. The minimum Gasteiger partial charge on any atom is -0.274 e. The molecule has 0 atom stereocenters. The highest BCUT2D eigenvalue weighted by Crippen LogP contribution is 2.20. The van der Waals surface area contributed by atoms with Crippen LogP contribution in [0.15, 0.2) is 35.5 Å². The molecule has 2 N–H and O–H groups in total. The van der Waals surface area contributed by atoms with E-state index >= 15 is 0 Å². The molecule has 2 aromatic rings. The number of hydrogen-bond donors (Lipinski definition) is 2. The van der Waals surface area contributed by atoms with Gasteiger partial charge in [0.2, 0.25) is 5.91 Å². The molecule has 0 saturated heterocycles. The van der Waals surface area contributed by atoms with Gasteiger partial charge in [-0.05, 0) is 37.6 Å². The Labute approximate surface area is 139 Å². The summed E-state index contributed by atoms with van der Waals surface area (Å²) < 4.78 is 0. The van der Waals surface area contributed by atoms with Crippen molar-refractivity contribution in [3.8, 4) is 0 Å². The summed E-state index contributed by atoms with van der Waals surface area (Å²) in [5, 5.41) is 0.745. The third kappa shape index (κ3) is 5.37. The van der Waals surface area contributed by atoms with Crippen molar-refractivity contribution in [1.82, 2.24) is 20.8 Å². The fourth-order valence-corrected chi connectivity index (χ4v) is 2.78. The van der Waals surface area contributed by atoms with Crippen molar-refractivity contribution in [1.29, 1.82) is 0 Å². The summed E-state index contributed by atoms with van der Waals surface area (Å²) in [6.07, 6.45) is 0. The Morgan fingerprint density at radius 2 is 1.65 bits per heavy atom. The third-order valence-corrected chi connectivity index (χ3v) is 3.82. The van der Waals surface area contributed by atoms with Crippen molar-refractivity contribution >= 4 is 23.6 Å². The van der Waals surface area contributed by atoms with Crippen LogP contribution >= 0.6 is 11.8 Å². The van der Waals surface area contributed by atoms with E-state index in [0.717, 1.165) is 27.9 Å². The average molecular weight is 330 g/mol. The number of carbonyl (C=O) groups excluding carboxylic acids is 2. The summed E-state index contributed by atoms with van der Waals surface area (Å²) in [4.78, 5) is 31.3. The molecule has 0 spiro atoms. The van der Waals surface area contributed by atoms with Crippen LogP contribution < -0.4 is 10.9 Å². The maximum Gasteiger partial charge on any atom is 0.269 e. The first-order chi connectivity index (χ1) is 10.9. The Balaban J connectivity index is 1.94. The van der Waals surface area contributed by atoms with E-state index in [1.54, 1.807) is 23.9 Å². The van der Waals surface area contributed by atoms with E-state index in [1.807, 2.05) is 32.0 Å². The molecule has 0 aliphatic rings. The van der Waals surface area contributed by atoms with Gasteiger partial charge in [0.05, 0.1) is 0 Å². The Hall–Kier alpha value is -2.41. The Kier molecular flexibility index (Phi) is 5.70.